The normalized spacial score (nSPS) is 12.0. The molecule has 0 aliphatic heterocycles. The molecule has 0 aromatic heterocycles. The summed E-state index contributed by atoms with van der Waals surface area (Å²) in [5.41, 5.74) is 2.18. The van der Waals surface area contributed by atoms with Crippen LogP contribution in [0.15, 0.2) is 40.9 Å². The fourth-order valence-corrected chi connectivity index (χ4v) is 3.38. The molecule has 1 N–H and O–H groups in total. The molecule has 1 atom stereocenters. The van der Waals surface area contributed by atoms with Crippen molar-refractivity contribution in [3.8, 4) is 11.5 Å². The van der Waals surface area contributed by atoms with Gasteiger partial charge in [0.1, 0.15) is 11.5 Å². The summed E-state index contributed by atoms with van der Waals surface area (Å²) < 4.78 is 13.3. The molecule has 5 heteroatoms. The number of benzene rings is 2. The van der Waals surface area contributed by atoms with E-state index < -0.39 is 0 Å². The summed E-state index contributed by atoms with van der Waals surface area (Å²) in [7, 11) is 5.29. The van der Waals surface area contributed by atoms with Gasteiger partial charge in [0.25, 0.3) is 0 Å². The van der Waals surface area contributed by atoms with Crippen LogP contribution in [0.5, 0.6) is 11.5 Å². The predicted octanol–water partition coefficient (Wildman–Crippen LogP) is 4.38. The minimum atomic E-state index is -0.0134. The minimum Gasteiger partial charge on any atom is -0.496 e. The van der Waals surface area contributed by atoms with Crippen LogP contribution in [0.4, 0.5) is 0 Å². The maximum absolute atomic E-state index is 5.53. The molecule has 0 saturated carbocycles. The number of ether oxygens (including phenoxy) is 2. The van der Waals surface area contributed by atoms with E-state index in [2.05, 4.69) is 56.0 Å². The van der Waals surface area contributed by atoms with Crippen LogP contribution in [0.3, 0.4) is 0 Å². The van der Waals surface area contributed by atoms with Crippen LogP contribution in [0, 0.1) is 3.57 Å². The Hall–Kier alpha value is -0.790. The Morgan fingerprint density at radius 1 is 1.10 bits per heavy atom. The molecule has 2 aromatic rings. The van der Waals surface area contributed by atoms with Gasteiger partial charge in [-0.3, -0.25) is 0 Å². The second-order valence-corrected chi connectivity index (χ2v) is 6.54. The van der Waals surface area contributed by atoms with E-state index in [-0.39, 0.29) is 6.04 Å². The smallest absolute Gasteiger partial charge is 0.127 e. The molecule has 112 valence electrons. The number of methoxy groups -OCH3 is 2. The van der Waals surface area contributed by atoms with Crippen molar-refractivity contribution in [2.24, 2.45) is 0 Å². The number of rotatable bonds is 5. The summed E-state index contributed by atoms with van der Waals surface area (Å²) in [6, 6.07) is 12.1. The van der Waals surface area contributed by atoms with Gasteiger partial charge in [-0.05, 0) is 65.5 Å². The standard InChI is InChI=1S/C16H17BrINO2/c1-19-16(11-9-10(17)7-8-12(11)18)15-13(20-2)5-4-6-14(15)21-3/h4-9,16,19H,1-3H3. The SMILES string of the molecule is CNC(c1cc(Br)ccc1I)c1c(OC)cccc1OC. The third kappa shape index (κ3) is 3.52. The molecule has 3 nitrogen and oxygen atoms in total. The van der Waals surface area contributed by atoms with Gasteiger partial charge in [-0.1, -0.05) is 22.0 Å². The van der Waals surface area contributed by atoms with Gasteiger partial charge in [0.2, 0.25) is 0 Å². The summed E-state index contributed by atoms with van der Waals surface area (Å²) in [6.45, 7) is 0. The second kappa shape index (κ2) is 7.47. The average molecular weight is 462 g/mol. The van der Waals surface area contributed by atoms with Crippen LogP contribution in [0.25, 0.3) is 0 Å². The molecular weight excluding hydrogens is 445 g/mol. The van der Waals surface area contributed by atoms with E-state index >= 15 is 0 Å². The van der Waals surface area contributed by atoms with E-state index in [4.69, 9.17) is 9.47 Å². The number of hydrogen-bond donors (Lipinski definition) is 1. The summed E-state index contributed by atoms with van der Waals surface area (Å²) in [6.07, 6.45) is 0. The third-order valence-corrected chi connectivity index (χ3v) is 4.79. The van der Waals surface area contributed by atoms with Gasteiger partial charge < -0.3 is 14.8 Å². The number of nitrogens with one attached hydrogen (secondary N) is 1. The van der Waals surface area contributed by atoms with Gasteiger partial charge in [-0.2, -0.15) is 0 Å². The second-order valence-electron chi connectivity index (χ2n) is 4.46. The topological polar surface area (TPSA) is 30.5 Å². The fourth-order valence-electron chi connectivity index (χ4n) is 2.36. The van der Waals surface area contributed by atoms with Crippen molar-refractivity contribution >= 4 is 38.5 Å². The van der Waals surface area contributed by atoms with Crippen molar-refractivity contribution in [3.05, 3.63) is 55.6 Å². The van der Waals surface area contributed by atoms with E-state index in [0.29, 0.717) is 0 Å². The molecule has 0 aliphatic rings. The summed E-state index contributed by atoms with van der Waals surface area (Å²) in [4.78, 5) is 0. The molecule has 1 unspecified atom stereocenters. The first-order chi connectivity index (χ1) is 10.1. The zero-order valence-corrected chi connectivity index (χ0v) is 15.9. The Morgan fingerprint density at radius 2 is 1.71 bits per heavy atom. The largest absolute Gasteiger partial charge is 0.496 e. The highest BCUT2D eigenvalue weighted by Crippen LogP contribution is 2.39. The Morgan fingerprint density at radius 3 is 2.24 bits per heavy atom. The van der Waals surface area contributed by atoms with E-state index in [0.717, 1.165) is 21.5 Å². The van der Waals surface area contributed by atoms with Gasteiger partial charge in [0.05, 0.1) is 25.8 Å². The van der Waals surface area contributed by atoms with Gasteiger partial charge in [-0.15, -0.1) is 0 Å². The molecule has 0 amide bonds. The third-order valence-electron chi connectivity index (χ3n) is 3.31. The van der Waals surface area contributed by atoms with Gasteiger partial charge in [-0.25, -0.2) is 0 Å². The molecule has 0 aliphatic carbocycles. The lowest BCUT2D eigenvalue weighted by molar-refractivity contribution is 0.378. The molecular formula is C16H17BrINO2. The quantitative estimate of drug-likeness (QED) is 0.670. The van der Waals surface area contributed by atoms with E-state index in [9.17, 15) is 0 Å². The van der Waals surface area contributed by atoms with Crippen molar-refractivity contribution in [2.75, 3.05) is 21.3 Å². The lowest BCUT2D eigenvalue weighted by Gasteiger charge is -2.23. The predicted molar refractivity (Wildman–Crippen MR) is 97.3 cm³/mol. The highest BCUT2D eigenvalue weighted by atomic mass is 127. The van der Waals surface area contributed by atoms with Gasteiger partial charge in [0, 0.05) is 8.04 Å². The monoisotopic (exact) mass is 461 g/mol. The summed E-state index contributed by atoms with van der Waals surface area (Å²) >= 11 is 5.89. The molecule has 0 bridgehead atoms. The number of halogens is 2. The Balaban J connectivity index is 2.63. The maximum Gasteiger partial charge on any atom is 0.127 e. The zero-order valence-electron chi connectivity index (χ0n) is 12.1. The lowest BCUT2D eigenvalue weighted by atomic mass is 9.97. The Labute approximate surface area is 147 Å². The maximum atomic E-state index is 5.53. The molecule has 21 heavy (non-hydrogen) atoms. The van der Waals surface area contributed by atoms with E-state index in [1.165, 1.54) is 9.13 Å². The first-order valence-electron chi connectivity index (χ1n) is 6.45. The van der Waals surface area contributed by atoms with Gasteiger partial charge in [0.15, 0.2) is 0 Å². The molecule has 0 heterocycles. The van der Waals surface area contributed by atoms with E-state index in [1.54, 1.807) is 14.2 Å². The van der Waals surface area contributed by atoms with Crippen molar-refractivity contribution in [3.63, 3.8) is 0 Å². The van der Waals surface area contributed by atoms with Crippen LogP contribution in [-0.2, 0) is 0 Å². The highest BCUT2D eigenvalue weighted by molar-refractivity contribution is 14.1. The van der Waals surface area contributed by atoms with Crippen LogP contribution in [0.1, 0.15) is 17.2 Å². The van der Waals surface area contributed by atoms with Crippen molar-refractivity contribution in [1.29, 1.82) is 0 Å². The van der Waals surface area contributed by atoms with Crippen LogP contribution in [0.2, 0.25) is 0 Å². The molecule has 0 spiro atoms. The summed E-state index contributed by atoms with van der Waals surface area (Å²) in [5.74, 6) is 1.62. The first-order valence-corrected chi connectivity index (χ1v) is 8.32. The molecule has 0 radical (unpaired) electrons. The molecule has 0 fully saturated rings. The molecule has 2 rings (SSSR count). The minimum absolute atomic E-state index is 0.0134. The van der Waals surface area contributed by atoms with Crippen LogP contribution in [-0.4, -0.2) is 21.3 Å². The zero-order chi connectivity index (χ0) is 15.4. The summed E-state index contributed by atoms with van der Waals surface area (Å²) in [5, 5.41) is 3.37. The van der Waals surface area contributed by atoms with Crippen LogP contribution >= 0.6 is 38.5 Å². The average Bonchev–Trinajstić information content (AvgIpc) is 2.51. The first kappa shape index (κ1) is 16.6. The lowest BCUT2D eigenvalue weighted by Crippen LogP contribution is -2.20. The van der Waals surface area contributed by atoms with Crippen molar-refractivity contribution in [1.82, 2.24) is 5.32 Å². The number of hydrogen-bond acceptors (Lipinski definition) is 3. The Kier molecular flexibility index (Phi) is 5.89. The molecule has 2 aromatic carbocycles. The molecule has 0 saturated heterocycles. The van der Waals surface area contributed by atoms with Crippen LogP contribution < -0.4 is 14.8 Å². The van der Waals surface area contributed by atoms with Gasteiger partial charge >= 0.3 is 0 Å². The highest BCUT2D eigenvalue weighted by Gasteiger charge is 2.23. The van der Waals surface area contributed by atoms with E-state index in [1.807, 2.05) is 31.3 Å². The van der Waals surface area contributed by atoms with Crippen molar-refractivity contribution in [2.45, 2.75) is 6.04 Å². The Bertz CT molecular complexity index is 611. The van der Waals surface area contributed by atoms with Crippen molar-refractivity contribution < 1.29 is 9.47 Å². The fraction of sp³-hybridized carbons (Fsp3) is 0.250.